The molecule has 176 valence electrons. The van der Waals surface area contributed by atoms with Crippen LogP contribution in [0.1, 0.15) is 40.0 Å². The van der Waals surface area contributed by atoms with E-state index in [2.05, 4.69) is 15.5 Å². The second-order valence-corrected chi connectivity index (χ2v) is 8.84. The number of unbranched alkanes of at least 4 members (excludes halogenated alkanes) is 2. The Morgan fingerprint density at radius 3 is 2.26 bits per heavy atom. The molecule has 3 aromatic carbocycles. The molecule has 0 fully saturated rings. The van der Waals surface area contributed by atoms with E-state index in [1.807, 2.05) is 36.4 Å². The average Bonchev–Trinajstić information content (AvgIpc) is 3.12. The van der Waals surface area contributed by atoms with E-state index in [1.165, 1.54) is 4.90 Å². The molecule has 2 N–H and O–H groups in total. The van der Waals surface area contributed by atoms with Gasteiger partial charge in [0.2, 0.25) is 0 Å². The number of amides is 2. The van der Waals surface area contributed by atoms with E-state index in [0.717, 1.165) is 35.9 Å². The van der Waals surface area contributed by atoms with E-state index in [-0.39, 0.29) is 17.4 Å². The number of aromatic nitrogens is 2. The van der Waals surface area contributed by atoms with Crippen LogP contribution in [0.2, 0.25) is 5.02 Å². The lowest BCUT2D eigenvalue weighted by Crippen LogP contribution is -2.30. The first-order valence-corrected chi connectivity index (χ1v) is 11.9. The Balaban J connectivity index is 1.18. The van der Waals surface area contributed by atoms with Gasteiger partial charge in [-0.05, 0) is 49.6 Å². The maximum atomic E-state index is 12.5. The van der Waals surface area contributed by atoms with E-state index < -0.39 is 0 Å². The molecule has 7 nitrogen and oxygen atoms in total. The highest BCUT2D eigenvalue weighted by molar-refractivity contribution is 6.33. The van der Waals surface area contributed by atoms with E-state index in [1.54, 1.807) is 30.3 Å². The number of carbonyl (C=O) groups excluding carboxylic acids is 2. The number of H-pyrrole nitrogens is 1. The van der Waals surface area contributed by atoms with Crippen LogP contribution < -0.4 is 10.9 Å². The van der Waals surface area contributed by atoms with Crippen LogP contribution in [0.4, 0.5) is 5.69 Å². The minimum atomic E-state index is -0.224. The Hall–Kier alpha value is -3.97. The summed E-state index contributed by atoms with van der Waals surface area (Å²) in [6, 6.07) is 19.9. The number of carbonyl (C=O) groups is 2. The zero-order chi connectivity index (χ0) is 24.4. The van der Waals surface area contributed by atoms with Gasteiger partial charge in [0.1, 0.15) is 0 Å². The molecule has 4 aromatic rings. The summed E-state index contributed by atoms with van der Waals surface area (Å²) < 4.78 is 0. The lowest BCUT2D eigenvalue weighted by molar-refractivity contribution is 0.0651. The summed E-state index contributed by atoms with van der Waals surface area (Å²) in [4.78, 5) is 38.3. The predicted octanol–water partition coefficient (Wildman–Crippen LogP) is 5.12. The van der Waals surface area contributed by atoms with Crippen molar-refractivity contribution in [3.63, 3.8) is 0 Å². The molecule has 0 saturated heterocycles. The first-order valence-electron chi connectivity index (χ1n) is 11.5. The number of fused-ring (bicyclic) bond motifs is 2. The van der Waals surface area contributed by atoms with Crippen LogP contribution in [-0.4, -0.2) is 40.0 Å². The Morgan fingerprint density at radius 1 is 0.829 bits per heavy atom. The summed E-state index contributed by atoms with van der Waals surface area (Å²) in [6.45, 7) is 1.10. The molecule has 1 aliphatic rings. The summed E-state index contributed by atoms with van der Waals surface area (Å²) in [7, 11) is 0. The van der Waals surface area contributed by atoms with Crippen LogP contribution in [0, 0.1) is 0 Å². The summed E-state index contributed by atoms with van der Waals surface area (Å²) in [5.41, 5.74) is 3.05. The van der Waals surface area contributed by atoms with E-state index >= 15 is 0 Å². The maximum Gasteiger partial charge on any atom is 0.272 e. The highest BCUT2D eigenvalue weighted by atomic mass is 35.5. The largest absolute Gasteiger partial charge is 0.384 e. The molecule has 0 atom stereocenters. The summed E-state index contributed by atoms with van der Waals surface area (Å²) >= 11 is 6.41. The first-order chi connectivity index (χ1) is 17.0. The number of benzene rings is 3. The van der Waals surface area contributed by atoms with Gasteiger partial charge in [-0.2, -0.15) is 5.10 Å². The smallest absolute Gasteiger partial charge is 0.272 e. The molecule has 8 heteroatoms. The molecule has 1 aliphatic heterocycles. The number of rotatable bonds is 8. The molecule has 1 aromatic heterocycles. The average molecular weight is 487 g/mol. The molecule has 0 saturated carbocycles. The predicted molar refractivity (Wildman–Crippen MR) is 137 cm³/mol. The molecule has 0 spiro atoms. The van der Waals surface area contributed by atoms with E-state index in [9.17, 15) is 14.4 Å². The number of anilines is 1. The standard InChI is InChI=1S/C27H23ClN4O3/c28-22-13-12-17(24-18-8-2-3-9-19(18)25(33)31-30-24)16-23(22)29-14-6-1-7-15-32-26(34)20-10-4-5-11-21(20)27(32)35/h2-5,8-13,16,29H,1,6-7,14-15H2,(H,31,33). The van der Waals surface area contributed by atoms with Gasteiger partial charge in [-0.15, -0.1) is 0 Å². The fourth-order valence-electron chi connectivity index (χ4n) is 4.38. The van der Waals surface area contributed by atoms with E-state index in [0.29, 0.717) is 40.3 Å². The van der Waals surface area contributed by atoms with Crippen molar-refractivity contribution in [2.75, 3.05) is 18.4 Å². The van der Waals surface area contributed by atoms with Gasteiger partial charge in [0.25, 0.3) is 17.4 Å². The quantitative estimate of drug-likeness (QED) is 0.266. The second kappa shape index (κ2) is 9.72. The number of nitrogens with zero attached hydrogens (tertiary/aromatic N) is 2. The monoisotopic (exact) mass is 486 g/mol. The third-order valence-corrected chi connectivity index (χ3v) is 6.52. The van der Waals surface area contributed by atoms with Crippen molar-refractivity contribution in [1.29, 1.82) is 0 Å². The second-order valence-electron chi connectivity index (χ2n) is 8.44. The molecule has 5 rings (SSSR count). The minimum absolute atomic E-state index is 0.212. The number of aromatic amines is 1. The van der Waals surface area contributed by atoms with Crippen LogP contribution in [0.25, 0.3) is 22.0 Å². The van der Waals surface area contributed by atoms with Crippen molar-refractivity contribution in [1.82, 2.24) is 15.1 Å². The lowest BCUT2D eigenvalue weighted by atomic mass is 10.0. The van der Waals surface area contributed by atoms with Crippen molar-refractivity contribution in [2.45, 2.75) is 19.3 Å². The van der Waals surface area contributed by atoms with Gasteiger partial charge in [-0.1, -0.05) is 48.0 Å². The first kappa shape index (κ1) is 22.8. The van der Waals surface area contributed by atoms with Crippen molar-refractivity contribution in [3.05, 3.63) is 93.2 Å². The zero-order valence-electron chi connectivity index (χ0n) is 18.9. The Morgan fingerprint density at radius 2 is 1.51 bits per heavy atom. The third kappa shape index (κ3) is 4.42. The van der Waals surface area contributed by atoms with Gasteiger partial charge >= 0.3 is 0 Å². The van der Waals surface area contributed by atoms with Crippen molar-refractivity contribution < 1.29 is 9.59 Å². The number of hydrogen-bond acceptors (Lipinski definition) is 5. The minimum Gasteiger partial charge on any atom is -0.384 e. The van der Waals surface area contributed by atoms with Gasteiger partial charge in [0, 0.05) is 24.0 Å². The molecule has 0 radical (unpaired) electrons. The number of halogens is 1. The van der Waals surface area contributed by atoms with Crippen LogP contribution in [-0.2, 0) is 0 Å². The summed E-state index contributed by atoms with van der Waals surface area (Å²) in [5.74, 6) is -0.425. The SMILES string of the molecule is O=C1c2ccccc2C(=O)N1CCCCCNc1cc(-c2n[nH]c(=O)c3ccccc23)ccc1Cl. The fraction of sp³-hybridized carbons (Fsp3) is 0.185. The Labute approximate surface area is 206 Å². The molecular weight excluding hydrogens is 464 g/mol. The number of nitrogens with one attached hydrogen (secondary N) is 2. The lowest BCUT2D eigenvalue weighted by Gasteiger charge is -2.14. The van der Waals surface area contributed by atoms with Crippen molar-refractivity contribution >= 4 is 39.9 Å². The normalized spacial score (nSPS) is 12.9. The Bertz CT molecular complexity index is 1460. The van der Waals surface area contributed by atoms with Gasteiger partial charge in [-0.25, -0.2) is 5.10 Å². The molecule has 2 heterocycles. The van der Waals surface area contributed by atoms with Gasteiger partial charge in [-0.3, -0.25) is 19.3 Å². The Kier molecular flexibility index (Phi) is 6.33. The number of imide groups is 1. The van der Waals surface area contributed by atoms with Crippen LogP contribution in [0.5, 0.6) is 0 Å². The molecule has 35 heavy (non-hydrogen) atoms. The van der Waals surface area contributed by atoms with E-state index in [4.69, 9.17) is 11.6 Å². The molecule has 0 aliphatic carbocycles. The van der Waals surface area contributed by atoms with Crippen molar-refractivity contribution in [3.8, 4) is 11.3 Å². The van der Waals surface area contributed by atoms with Crippen LogP contribution >= 0.6 is 11.6 Å². The summed E-state index contributed by atoms with van der Waals surface area (Å²) in [5, 5.41) is 12.1. The van der Waals surface area contributed by atoms with Crippen LogP contribution in [0.15, 0.2) is 71.5 Å². The number of hydrogen-bond donors (Lipinski definition) is 2. The van der Waals surface area contributed by atoms with Crippen molar-refractivity contribution in [2.24, 2.45) is 0 Å². The molecular formula is C27H23ClN4O3. The summed E-state index contributed by atoms with van der Waals surface area (Å²) in [6.07, 6.45) is 2.43. The highest BCUT2D eigenvalue weighted by Crippen LogP contribution is 2.31. The maximum absolute atomic E-state index is 12.5. The molecule has 0 bridgehead atoms. The fourth-order valence-corrected chi connectivity index (χ4v) is 4.56. The topological polar surface area (TPSA) is 95.2 Å². The molecule has 2 amide bonds. The van der Waals surface area contributed by atoms with Crippen LogP contribution in [0.3, 0.4) is 0 Å². The van der Waals surface area contributed by atoms with Gasteiger partial charge in [0.15, 0.2) is 0 Å². The van der Waals surface area contributed by atoms with Gasteiger partial charge in [0.05, 0.1) is 32.9 Å². The third-order valence-electron chi connectivity index (χ3n) is 6.19. The molecule has 0 unspecified atom stereocenters. The highest BCUT2D eigenvalue weighted by Gasteiger charge is 2.34. The zero-order valence-corrected chi connectivity index (χ0v) is 19.6. The van der Waals surface area contributed by atoms with Gasteiger partial charge < -0.3 is 5.32 Å².